The van der Waals surface area contributed by atoms with E-state index in [2.05, 4.69) is 0 Å². The average molecular weight is 367 g/mol. The number of piperazine rings is 1. The molecule has 138 valence electrons. The minimum Gasteiger partial charge on any atom is -0.347 e. The van der Waals surface area contributed by atoms with Crippen LogP contribution in [0, 0.1) is 0 Å². The van der Waals surface area contributed by atoms with Crippen LogP contribution >= 0.6 is 0 Å². The van der Waals surface area contributed by atoms with Crippen LogP contribution in [-0.2, 0) is 19.4 Å². The van der Waals surface area contributed by atoms with E-state index >= 15 is 0 Å². The summed E-state index contributed by atoms with van der Waals surface area (Å²) in [5, 5.41) is 0. The van der Waals surface area contributed by atoms with Gasteiger partial charge >= 0.3 is 0 Å². The van der Waals surface area contributed by atoms with E-state index in [0.717, 1.165) is 0 Å². The molecule has 25 heavy (non-hydrogen) atoms. The minimum atomic E-state index is -3.41. The highest BCUT2D eigenvalue weighted by atomic mass is 32.2. The van der Waals surface area contributed by atoms with Gasteiger partial charge in [0.05, 0.1) is 10.6 Å². The molecule has 1 saturated heterocycles. The highest BCUT2D eigenvalue weighted by molar-refractivity contribution is 7.91. The fraction of sp³-hybridized carbons (Fsp3) is 0.529. The number of sulfone groups is 1. The van der Waals surface area contributed by atoms with Crippen LogP contribution in [0.1, 0.15) is 6.92 Å². The molecule has 0 bridgehead atoms. The van der Waals surface area contributed by atoms with Crippen LogP contribution in [0.15, 0.2) is 35.2 Å². The second-order valence-corrected chi connectivity index (χ2v) is 8.49. The molecule has 2 amide bonds. The number of rotatable bonds is 5. The number of nitrogens with zero attached hydrogens (tertiary/aromatic N) is 3. The van der Waals surface area contributed by atoms with Crippen molar-refractivity contribution in [2.24, 2.45) is 0 Å². The van der Waals surface area contributed by atoms with Crippen molar-refractivity contribution in [3.05, 3.63) is 30.3 Å². The van der Waals surface area contributed by atoms with Gasteiger partial charge in [0.25, 0.3) is 0 Å². The zero-order valence-electron chi connectivity index (χ0n) is 14.9. The molecule has 1 aliphatic rings. The zero-order chi connectivity index (χ0) is 18.6. The maximum absolute atomic E-state index is 12.5. The van der Waals surface area contributed by atoms with Gasteiger partial charge in [0, 0.05) is 47.2 Å². The van der Waals surface area contributed by atoms with Crippen molar-refractivity contribution < 1.29 is 18.0 Å². The van der Waals surface area contributed by atoms with Crippen molar-refractivity contribution in [2.45, 2.75) is 17.9 Å². The average Bonchev–Trinajstić information content (AvgIpc) is 2.59. The monoisotopic (exact) mass is 367 g/mol. The summed E-state index contributed by atoms with van der Waals surface area (Å²) in [7, 11) is -0.0847. The van der Waals surface area contributed by atoms with Crippen molar-refractivity contribution in [3.8, 4) is 0 Å². The molecule has 2 rings (SSSR count). The van der Waals surface area contributed by atoms with E-state index in [9.17, 15) is 18.0 Å². The number of benzene rings is 1. The third kappa shape index (κ3) is 4.79. The van der Waals surface area contributed by atoms with Gasteiger partial charge in [-0.15, -0.1) is 0 Å². The van der Waals surface area contributed by atoms with Crippen LogP contribution < -0.4 is 0 Å². The first-order valence-corrected chi connectivity index (χ1v) is 9.86. The SMILES string of the molecule is CC(=O)N1CCN(CCS(=O)(=O)c2ccccc2)[C@H](C(=O)N(C)C)C1. The van der Waals surface area contributed by atoms with Crippen molar-refractivity contribution in [3.63, 3.8) is 0 Å². The Balaban J connectivity index is 2.11. The first kappa shape index (κ1) is 19.4. The quantitative estimate of drug-likeness (QED) is 0.737. The number of hydrogen-bond acceptors (Lipinski definition) is 5. The molecular formula is C17H25N3O4S. The minimum absolute atomic E-state index is 0.0612. The third-order valence-electron chi connectivity index (χ3n) is 4.41. The zero-order valence-corrected chi connectivity index (χ0v) is 15.7. The highest BCUT2D eigenvalue weighted by Crippen LogP contribution is 2.15. The van der Waals surface area contributed by atoms with E-state index < -0.39 is 15.9 Å². The normalized spacial score (nSPS) is 18.8. The Morgan fingerprint density at radius 3 is 2.36 bits per heavy atom. The molecule has 0 saturated carbocycles. The van der Waals surface area contributed by atoms with Crippen LogP contribution in [0.3, 0.4) is 0 Å². The molecule has 1 atom stereocenters. The van der Waals surface area contributed by atoms with Crippen LogP contribution in [-0.4, -0.2) is 87.0 Å². The Labute approximate surface area is 149 Å². The van der Waals surface area contributed by atoms with Gasteiger partial charge in [-0.1, -0.05) is 18.2 Å². The second kappa shape index (κ2) is 7.97. The second-order valence-electron chi connectivity index (χ2n) is 6.38. The van der Waals surface area contributed by atoms with Crippen LogP contribution in [0.25, 0.3) is 0 Å². The number of hydrogen-bond donors (Lipinski definition) is 0. The van der Waals surface area contributed by atoms with Crippen molar-refractivity contribution >= 4 is 21.7 Å². The third-order valence-corrected chi connectivity index (χ3v) is 6.12. The molecule has 0 N–H and O–H groups in total. The molecule has 1 aromatic carbocycles. The Kier molecular flexibility index (Phi) is 6.18. The fourth-order valence-electron chi connectivity index (χ4n) is 2.89. The molecule has 0 radical (unpaired) electrons. The smallest absolute Gasteiger partial charge is 0.241 e. The maximum Gasteiger partial charge on any atom is 0.241 e. The summed E-state index contributed by atoms with van der Waals surface area (Å²) in [6, 6.07) is 7.79. The lowest BCUT2D eigenvalue weighted by molar-refractivity contribution is -0.141. The molecular weight excluding hydrogens is 342 g/mol. The van der Waals surface area contributed by atoms with Gasteiger partial charge in [0.15, 0.2) is 9.84 Å². The number of carbonyl (C=O) groups excluding carboxylic acids is 2. The highest BCUT2D eigenvalue weighted by Gasteiger charge is 2.34. The summed E-state index contributed by atoms with van der Waals surface area (Å²) in [4.78, 5) is 29.4. The van der Waals surface area contributed by atoms with Gasteiger partial charge in [-0.2, -0.15) is 0 Å². The number of amides is 2. The lowest BCUT2D eigenvalue weighted by Crippen LogP contribution is -2.60. The Hall–Kier alpha value is -1.93. The topological polar surface area (TPSA) is 78.0 Å². The maximum atomic E-state index is 12.5. The number of likely N-dealkylation sites (N-methyl/N-ethyl adjacent to an activating group) is 1. The summed E-state index contributed by atoms with van der Waals surface area (Å²) >= 11 is 0. The first-order valence-electron chi connectivity index (χ1n) is 8.21. The Bertz CT molecular complexity index is 719. The first-order chi connectivity index (χ1) is 11.7. The van der Waals surface area contributed by atoms with Crippen LogP contribution in [0.4, 0.5) is 0 Å². The van der Waals surface area contributed by atoms with E-state index in [0.29, 0.717) is 13.1 Å². The number of carbonyl (C=O) groups is 2. The summed E-state index contributed by atoms with van der Waals surface area (Å²) in [5.74, 6) is -0.259. The molecule has 0 unspecified atom stereocenters. The van der Waals surface area contributed by atoms with Gasteiger partial charge in [0.2, 0.25) is 11.8 Å². The Morgan fingerprint density at radius 1 is 1.16 bits per heavy atom. The van der Waals surface area contributed by atoms with Crippen molar-refractivity contribution in [1.29, 1.82) is 0 Å². The van der Waals surface area contributed by atoms with Crippen LogP contribution in [0.5, 0.6) is 0 Å². The van der Waals surface area contributed by atoms with Gasteiger partial charge in [-0.25, -0.2) is 8.42 Å². The van der Waals surface area contributed by atoms with E-state index in [1.807, 2.05) is 4.90 Å². The largest absolute Gasteiger partial charge is 0.347 e. The molecule has 7 nitrogen and oxygen atoms in total. The molecule has 0 aliphatic carbocycles. The molecule has 1 aliphatic heterocycles. The predicted molar refractivity (Wildman–Crippen MR) is 94.8 cm³/mol. The van der Waals surface area contributed by atoms with E-state index in [1.165, 1.54) is 11.8 Å². The standard InChI is InChI=1S/C17H25N3O4S/c1-14(21)20-10-9-19(16(13-20)17(22)18(2)3)11-12-25(23,24)15-7-5-4-6-8-15/h4-8,16H,9-13H2,1-3H3/t16-/m0/s1. The lowest BCUT2D eigenvalue weighted by atomic mass is 10.1. The molecule has 0 aromatic heterocycles. The summed E-state index contributed by atoms with van der Waals surface area (Å²) in [5.41, 5.74) is 0. The Morgan fingerprint density at radius 2 is 1.80 bits per heavy atom. The molecule has 8 heteroatoms. The fourth-order valence-corrected chi connectivity index (χ4v) is 4.17. The van der Waals surface area contributed by atoms with Crippen LogP contribution in [0.2, 0.25) is 0 Å². The lowest BCUT2D eigenvalue weighted by Gasteiger charge is -2.41. The van der Waals surface area contributed by atoms with Crippen molar-refractivity contribution in [1.82, 2.24) is 14.7 Å². The summed E-state index contributed by atoms with van der Waals surface area (Å²) in [6.07, 6.45) is 0. The predicted octanol–water partition coefficient (Wildman–Crippen LogP) is 0.0812. The molecule has 1 aromatic rings. The summed E-state index contributed by atoms with van der Waals surface area (Å²) in [6.45, 7) is 3.00. The molecule has 1 heterocycles. The van der Waals surface area contributed by atoms with Gasteiger partial charge in [0.1, 0.15) is 6.04 Å². The molecule has 1 fully saturated rings. The summed E-state index contributed by atoms with van der Waals surface area (Å²) < 4.78 is 24.9. The van der Waals surface area contributed by atoms with E-state index in [1.54, 1.807) is 49.3 Å². The van der Waals surface area contributed by atoms with Crippen molar-refractivity contribution in [2.75, 3.05) is 46.0 Å². The van der Waals surface area contributed by atoms with E-state index in [4.69, 9.17) is 0 Å². The van der Waals surface area contributed by atoms with Gasteiger partial charge in [-0.05, 0) is 12.1 Å². The molecule has 0 spiro atoms. The van der Waals surface area contributed by atoms with Gasteiger partial charge < -0.3 is 9.80 Å². The van der Waals surface area contributed by atoms with E-state index in [-0.39, 0.29) is 35.6 Å². The van der Waals surface area contributed by atoms with Gasteiger partial charge in [-0.3, -0.25) is 14.5 Å².